The number of aromatic amines is 1. The van der Waals surface area contributed by atoms with Gasteiger partial charge in [0.1, 0.15) is 16.8 Å². The highest BCUT2D eigenvalue weighted by Gasteiger charge is 2.35. The first kappa shape index (κ1) is 23.1. The van der Waals surface area contributed by atoms with E-state index in [0.717, 1.165) is 27.9 Å². The number of hydrogen-bond donors (Lipinski definition) is 1. The molecule has 2 aromatic heterocycles. The van der Waals surface area contributed by atoms with Crippen molar-refractivity contribution in [3.05, 3.63) is 85.6 Å². The largest absolute Gasteiger partial charge is 0.494 e. The molecule has 0 aliphatic carbocycles. The molecule has 2 aromatic carbocycles. The number of nitro groups is 1. The maximum absolute atomic E-state index is 13.6. The monoisotopic (exact) mass is 537 g/mol. The molecule has 180 valence electrons. The van der Waals surface area contributed by atoms with Crippen molar-refractivity contribution < 1.29 is 14.5 Å². The fourth-order valence-corrected chi connectivity index (χ4v) is 5.20. The van der Waals surface area contributed by atoms with Crippen molar-refractivity contribution in [1.82, 2.24) is 19.7 Å². The standard InChI is InChI=1S/C25H24BrN5O4/c1-3-35-17-10-8-16(9-11-17)24-23-19(18-6-4-5-7-20(18)27-23)12-13-29(24)21(32)14-30-15(2)22(26)25(28-30)31(33)34/h4-11,24,27H,3,12-14H2,1-2H3/t24-/m0/s1. The van der Waals surface area contributed by atoms with Crippen molar-refractivity contribution >= 4 is 38.6 Å². The molecule has 1 amide bonds. The van der Waals surface area contributed by atoms with Crippen LogP contribution in [0.25, 0.3) is 10.9 Å². The van der Waals surface area contributed by atoms with Gasteiger partial charge in [0.15, 0.2) is 0 Å². The van der Waals surface area contributed by atoms with E-state index in [4.69, 9.17) is 4.74 Å². The molecule has 35 heavy (non-hydrogen) atoms. The number of nitrogens with zero attached hydrogens (tertiary/aromatic N) is 4. The summed E-state index contributed by atoms with van der Waals surface area (Å²) in [7, 11) is 0. The van der Waals surface area contributed by atoms with Crippen LogP contribution in [0, 0.1) is 17.0 Å². The Bertz CT molecular complexity index is 1430. The average Bonchev–Trinajstić information content (AvgIpc) is 3.37. The number of benzene rings is 2. The zero-order valence-corrected chi connectivity index (χ0v) is 20.9. The Hall–Kier alpha value is -3.66. The summed E-state index contributed by atoms with van der Waals surface area (Å²) in [6.07, 6.45) is 0.709. The third-order valence-corrected chi connectivity index (χ3v) is 7.36. The molecule has 0 radical (unpaired) electrons. The Morgan fingerprint density at radius 3 is 2.69 bits per heavy atom. The van der Waals surface area contributed by atoms with Crippen molar-refractivity contribution in [2.45, 2.75) is 32.9 Å². The summed E-state index contributed by atoms with van der Waals surface area (Å²) < 4.78 is 7.28. The van der Waals surface area contributed by atoms with Crippen LogP contribution in [0.4, 0.5) is 5.82 Å². The van der Waals surface area contributed by atoms with Crippen molar-refractivity contribution in [3.8, 4) is 5.75 Å². The number of para-hydroxylation sites is 1. The maximum atomic E-state index is 13.6. The molecule has 1 aliphatic rings. The molecule has 0 fully saturated rings. The van der Waals surface area contributed by atoms with E-state index in [0.29, 0.717) is 25.3 Å². The SMILES string of the molecule is CCOc1ccc([C@H]2c3[nH]c4ccccc4c3CCN2C(=O)Cn2nc([N+](=O)[O-])c(Br)c2C)cc1. The summed E-state index contributed by atoms with van der Waals surface area (Å²) in [5.41, 5.74) is 4.71. The quantitative estimate of drug-likeness (QED) is 0.277. The second kappa shape index (κ2) is 9.18. The molecular formula is C25H24BrN5O4. The number of hydrogen-bond acceptors (Lipinski definition) is 5. The number of rotatable bonds is 6. The predicted molar refractivity (Wildman–Crippen MR) is 134 cm³/mol. The lowest BCUT2D eigenvalue weighted by Gasteiger charge is -2.36. The van der Waals surface area contributed by atoms with Gasteiger partial charge in [-0.15, -0.1) is 0 Å². The van der Waals surface area contributed by atoms with Gasteiger partial charge in [-0.25, -0.2) is 0 Å². The predicted octanol–water partition coefficient (Wildman–Crippen LogP) is 4.92. The first-order valence-corrected chi connectivity index (χ1v) is 12.2. The molecular weight excluding hydrogens is 514 g/mol. The number of H-pyrrole nitrogens is 1. The summed E-state index contributed by atoms with van der Waals surface area (Å²) >= 11 is 3.23. The lowest BCUT2D eigenvalue weighted by atomic mass is 9.92. The van der Waals surface area contributed by atoms with Gasteiger partial charge in [-0.1, -0.05) is 30.3 Å². The molecule has 4 aromatic rings. The highest BCUT2D eigenvalue weighted by atomic mass is 79.9. The summed E-state index contributed by atoms with van der Waals surface area (Å²) in [5, 5.41) is 16.5. The normalized spacial score (nSPS) is 15.3. The van der Waals surface area contributed by atoms with Crippen LogP contribution in [-0.4, -0.2) is 43.6 Å². The van der Waals surface area contributed by atoms with Crippen LogP contribution < -0.4 is 4.74 Å². The van der Waals surface area contributed by atoms with E-state index in [-0.39, 0.29) is 28.8 Å². The molecule has 0 saturated carbocycles. The van der Waals surface area contributed by atoms with Gasteiger partial charge in [-0.2, -0.15) is 4.68 Å². The first-order chi connectivity index (χ1) is 16.9. The van der Waals surface area contributed by atoms with Crippen LogP contribution in [0.15, 0.2) is 53.0 Å². The number of halogens is 1. The average molecular weight is 538 g/mol. The third kappa shape index (κ3) is 4.07. The Morgan fingerprint density at radius 2 is 2.00 bits per heavy atom. The topological polar surface area (TPSA) is 106 Å². The van der Waals surface area contributed by atoms with Gasteiger partial charge in [0.25, 0.3) is 0 Å². The second-order valence-electron chi connectivity index (χ2n) is 8.44. The van der Waals surface area contributed by atoms with Gasteiger partial charge in [0, 0.05) is 23.1 Å². The number of amides is 1. The van der Waals surface area contributed by atoms with Crippen LogP contribution in [0.3, 0.4) is 0 Å². The van der Waals surface area contributed by atoms with Crippen molar-refractivity contribution in [1.29, 1.82) is 0 Å². The molecule has 10 heteroatoms. The van der Waals surface area contributed by atoms with Gasteiger partial charge in [-0.3, -0.25) is 4.79 Å². The zero-order valence-electron chi connectivity index (χ0n) is 19.3. The molecule has 0 bridgehead atoms. The van der Waals surface area contributed by atoms with E-state index < -0.39 is 4.92 Å². The third-order valence-electron chi connectivity index (χ3n) is 6.44. The van der Waals surface area contributed by atoms with Gasteiger partial charge < -0.3 is 24.7 Å². The van der Waals surface area contributed by atoms with Crippen LogP contribution in [-0.2, 0) is 17.8 Å². The summed E-state index contributed by atoms with van der Waals surface area (Å²) in [4.78, 5) is 29.7. The smallest absolute Gasteiger partial charge is 0.404 e. The Kier molecular flexibility index (Phi) is 6.06. The number of carbonyl (C=O) groups excluding carboxylic acids is 1. The number of aromatic nitrogens is 3. The number of nitrogens with one attached hydrogen (secondary N) is 1. The molecule has 3 heterocycles. The zero-order chi connectivity index (χ0) is 24.7. The Labute approximate surface area is 210 Å². The van der Waals surface area contributed by atoms with Crippen molar-refractivity contribution in [3.63, 3.8) is 0 Å². The Balaban J connectivity index is 1.55. The molecule has 0 saturated heterocycles. The highest BCUT2D eigenvalue weighted by molar-refractivity contribution is 9.10. The summed E-state index contributed by atoms with van der Waals surface area (Å²) in [6, 6.07) is 15.6. The molecule has 1 aliphatic heterocycles. The van der Waals surface area contributed by atoms with Crippen LogP contribution in [0.5, 0.6) is 5.75 Å². The van der Waals surface area contributed by atoms with Gasteiger partial charge in [0.2, 0.25) is 5.91 Å². The van der Waals surface area contributed by atoms with E-state index in [1.165, 1.54) is 10.2 Å². The molecule has 0 spiro atoms. The van der Waals surface area contributed by atoms with E-state index in [1.54, 1.807) is 6.92 Å². The van der Waals surface area contributed by atoms with E-state index >= 15 is 0 Å². The second-order valence-corrected chi connectivity index (χ2v) is 9.24. The van der Waals surface area contributed by atoms with Crippen molar-refractivity contribution in [2.75, 3.05) is 13.2 Å². The minimum absolute atomic E-state index is 0.0959. The lowest BCUT2D eigenvalue weighted by molar-refractivity contribution is -0.390. The molecule has 1 atom stereocenters. The van der Waals surface area contributed by atoms with Crippen molar-refractivity contribution in [2.24, 2.45) is 0 Å². The minimum atomic E-state index is -0.557. The minimum Gasteiger partial charge on any atom is -0.494 e. The highest BCUT2D eigenvalue weighted by Crippen LogP contribution is 2.39. The van der Waals surface area contributed by atoms with Gasteiger partial charge in [0.05, 0.1) is 23.4 Å². The van der Waals surface area contributed by atoms with Crippen LogP contribution in [0.2, 0.25) is 0 Å². The summed E-state index contributed by atoms with van der Waals surface area (Å²) in [6.45, 7) is 4.64. The number of carbonyl (C=O) groups is 1. The van der Waals surface area contributed by atoms with E-state index in [1.807, 2.05) is 54.3 Å². The number of fused-ring (bicyclic) bond motifs is 3. The summed E-state index contributed by atoms with van der Waals surface area (Å²) in [5.74, 6) is 0.308. The molecule has 9 nitrogen and oxygen atoms in total. The van der Waals surface area contributed by atoms with Crippen LogP contribution >= 0.6 is 15.9 Å². The Morgan fingerprint density at radius 1 is 1.26 bits per heavy atom. The first-order valence-electron chi connectivity index (χ1n) is 11.4. The molecule has 1 N–H and O–H groups in total. The maximum Gasteiger partial charge on any atom is 0.404 e. The number of ether oxygens (including phenoxy) is 1. The van der Waals surface area contributed by atoms with Crippen LogP contribution in [0.1, 0.15) is 35.5 Å². The van der Waals surface area contributed by atoms with Gasteiger partial charge >= 0.3 is 5.82 Å². The molecule has 5 rings (SSSR count). The molecule has 0 unspecified atom stereocenters. The van der Waals surface area contributed by atoms with E-state index in [2.05, 4.69) is 32.1 Å². The fourth-order valence-electron chi connectivity index (χ4n) is 4.77. The van der Waals surface area contributed by atoms with E-state index in [9.17, 15) is 14.9 Å². The van der Waals surface area contributed by atoms with Gasteiger partial charge in [-0.05, 0) is 70.4 Å². The fraction of sp³-hybridized carbons (Fsp3) is 0.280. The lowest BCUT2D eigenvalue weighted by Crippen LogP contribution is -2.42.